The summed E-state index contributed by atoms with van der Waals surface area (Å²) in [4.78, 5) is 25.3. The molecule has 0 saturated carbocycles. The molecule has 5 heteroatoms. The minimum atomic E-state index is -0.0597. The Morgan fingerprint density at radius 3 is 2.22 bits per heavy atom. The number of hydrogen-bond donors (Lipinski definition) is 1. The summed E-state index contributed by atoms with van der Waals surface area (Å²) in [5.41, 5.74) is 2.24. The highest BCUT2D eigenvalue weighted by atomic mass is 35.5. The van der Waals surface area contributed by atoms with E-state index >= 15 is 0 Å². The third kappa shape index (κ3) is 5.71. The van der Waals surface area contributed by atoms with Crippen LogP contribution >= 0.6 is 23.4 Å². The second-order valence-corrected chi connectivity index (χ2v) is 7.38. The van der Waals surface area contributed by atoms with Crippen LogP contribution in [-0.2, 0) is 11.2 Å². The summed E-state index contributed by atoms with van der Waals surface area (Å²) in [6.07, 6.45) is 0.337. The quantitative estimate of drug-likeness (QED) is 0.424. The minimum Gasteiger partial charge on any atom is -0.326 e. The molecule has 0 aliphatic carbocycles. The second-order valence-electron chi connectivity index (χ2n) is 5.93. The highest BCUT2D eigenvalue weighted by Gasteiger charge is 2.10. The SMILES string of the molecule is O=C(Cc1ccccc1)Nc1ccc(SCC(=O)c2ccccc2Cl)cc1. The molecular formula is C22H18ClNO2S. The van der Waals surface area contributed by atoms with E-state index < -0.39 is 0 Å². The maximum Gasteiger partial charge on any atom is 0.228 e. The van der Waals surface area contributed by atoms with Crippen LogP contribution in [0.15, 0.2) is 83.8 Å². The van der Waals surface area contributed by atoms with Crippen LogP contribution in [0.25, 0.3) is 0 Å². The predicted molar refractivity (Wildman–Crippen MR) is 112 cm³/mol. The molecule has 3 aromatic carbocycles. The van der Waals surface area contributed by atoms with Gasteiger partial charge in [-0.05, 0) is 42.0 Å². The third-order valence-electron chi connectivity index (χ3n) is 3.89. The fourth-order valence-corrected chi connectivity index (χ4v) is 3.56. The summed E-state index contributed by atoms with van der Waals surface area (Å²) in [5.74, 6) is 0.241. The number of nitrogens with one attached hydrogen (secondary N) is 1. The monoisotopic (exact) mass is 395 g/mol. The molecule has 0 fully saturated rings. The summed E-state index contributed by atoms with van der Waals surface area (Å²) in [6.45, 7) is 0. The topological polar surface area (TPSA) is 46.2 Å². The Morgan fingerprint density at radius 1 is 0.852 bits per heavy atom. The molecule has 3 nitrogen and oxygen atoms in total. The first-order valence-electron chi connectivity index (χ1n) is 8.46. The number of carbonyl (C=O) groups excluding carboxylic acids is 2. The van der Waals surface area contributed by atoms with E-state index in [-0.39, 0.29) is 11.7 Å². The Hall–Kier alpha value is -2.56. The molecule has 27 heavy (non-hydrogen) atoms. The van der Waals surface area contributed by atoms with Crippen LogP contribution in [0, 0.1) is 0 Å². The zero-order valence-corrected chi connectivity index (χ0v) is 16.1. The van der Waals surface area contributed by atoms with E-state index in [0.717, 1.165) is 16.1 Å². The summed E-state index contributed by atoms with van der Waals surface area (Å²) in [6, 6.07) is 24.1. The van der Waals surface area contributed by atoms with Crippen molar-refractivity contribution in [2.75, 3.05) is 11.1 Å². The van der Waals surface area contributed by atoms with Crippen molar-refractivity contribution in [2.24, 2.45) is 0 Å². The van der Waals surface area contributed by atoms with E-state index in [9.17, 15) is 9.59 Å². The molecule has 0 heterocycles. The predicted octanol–water partition coefficient (Wildman–Crippen LogP) is 5.50. The smallest absolute Gasteiger partial charge is 0.228 e. The Balaban J connectivity index is 1.52. The number of rotatable bonds is 7. The number of amides is 1. The molecule has 0 aromatic heterocycles. The lowest BCUT2D eigenvalue weighted by molar-refractivity contribution is -0.115. The van der Waals surface area contributed by atoms with Gasteiger partial charge in [-0.25, -0.2) is 0 Å². The maximum absolute atomic E-state index is 12.3. The van der Waals surface area contributed by atoms with Gasteiger partial charge in [-0.3, -0.25) is 9.59 Å². The van der Waals surface area contributed by atoms with E-state index in [1.165, 1.54) is 11.8 Å². The lowest BCUT2D eigenvalue weighted by Crippen LogP contribution is -2.14. The van der Waals surface area contributed by atoms with Crippen molar-refractivity contribution >= 4 is 40.7 Å². The summed E-state index contributed by atoms with van der Waals surface area (Å²) in [7, 11) is 0. The molecular weight excluding hydrogens is 378 g/mol. The number of anilines is 1. The van der Waals surface area contributed by atoms with E-state index in [0.29, 0.717) is 22.8 Å². The highest BCUT2D eigenvalue weighted by molar-refractivity contribution is 8.00. The van der Waals surface area contributed by atoms with Crippen molar-refractivity contribution in [3.05, 3.63) is 95.0 Å². The Morgan fingerprint density at radius 2 is 1.52 bits per heavy atom. The van der Waals surface area contributed by atoms with Crippen molar-refractivity contribution in [3.63, 3.8) is 0 Å². The summed E-state index contributed by atoms with van der Waals surface area (Å²) >= 11 is 7.50. The normalized spacial score (nSPS) is 10.4. The van der Waals surface area contributed by atoms with Crippen LogP contribution in [0.4, 0.5) is 5.69 Å². The molecule has 3 aromatic rings. The second kappa shape index (κ2) is 9.40. The van der Waals surface area contributed by atoms with Crippen molar-refractivity contribution in [2.45, 2.75) is 11.3 Å². The van der Waals surface area contributed by atoms with Crippen molar-refractivity contribution in [1.29, 1.82) is 0 Å². The van der Waals surface area contributed by atoms with Crippen LogP contribution in [0.2, 0.25) is 5.02 Å². The van der Waals surface area contributed by atoms with Gasteiger partial charge in [-0.15, -0.1) is 11.8 Å². The number of halogens is 1. The van der Waals surface area contributed by atoms with Crippen LogP contribution < -0.4 is 5.32 Å². The highest BCUT2D eigenvalue weighted by Crippen LogP contribution is 2.23. The van der Waals surface area contributed by atoms with Crippen LogP contribution in [0.3, 0.4) is 0 Å². The zero-order valence-electron chi connectivity index (χ0n) is 14.5. The van der Waals surface area contributed by atoms with Gasteiger partial charge in [0.2, 0.25) is 5.91 Å². The van der Waals surface area contributed by atoms with E-state index in [4.69, 9.17) is 11.6 Å². The number of benzene rings is 3. The molecule has 0 saturated heterocycles. The van der Waals surface area contributed by atoms with Gasteiger partial charge in [-0.1, -0.05) is 54.1 Å². The lowest BCUT2D eigenvalue weighted by atomic mass is 10.1. The first-order chi connectivity index (χ1) is 13.1. The van der Waals surface area contributed by atoms with Crippen LogP contribution in [0.5, 0.6) is 0 Å². The van der Waals surface area contributed by atoms with Crippen LogP contribution in [-0.4, -0.2) is 17.4 Å². The molecule has 0 atom stereocenters. The van der Waals surface area contributed by atoms with Crippen LogP contribution in [0.1, 0.15) is 15.9 Å². The maximum atomic E-state index is 12.3. The molecule has 0 bridgehead atoms. The summed E-state index contributed by atoms with van der Waals surface area (Å²) in [5, 5.41) is 3.36. The average Bonchev–Trinajstić information content (AvgIpc) is 2.68. The molecule has 3 rings (SSSR count). The van der Waals surface area contributed by atoms with Gasteiger partial charge >= 0.3 is 0 Å². The van der Waals surface area contributed by atoms with Gasteiger partial charge in [0.1, 0.15) is 0 Å². The molecule has 1 amide bonds. The molecule has 0 unspecified atom stereocenters. The lowest BCUT2D eigenvalue weighted by Gasteiger charge is -2.07. The van der Waals surface area contributed by atoms with E-state index in [1.54, 1.807) is 24.3 Å². The minimum absolute atomic E-state index is 0.00848. The first-order valence-corrected chi connectivity index (χ1v) is 9.82. The Labute approximate surface area is 167 Å². The van der Waals surface area contributed by atoms with Crippen molar-refractivity contribution < 1.29 is 9.59 Å². The molecule has 0 aliphatic heterocycles. The molecule has 136 valence electrons. The van der Waals surface area contributed by atoms with E-state index in [1.807, 2.05) is 54.6 Å². The first kappa shape index (κ1) is 19.2. The van der Waals surface area contributed by atoms with Gasteiger partial charge in [0.25, 0.3) is 0 Å². The average molecular weight is 396 g/mol. The van der Waals surface area contributed by atoms with Crippen molar-refractivity contribution in [3.8, 4) is 0 Å². The van der Waals surface area contributed by atoms with Gasteiger partial charge in [0.05, 0.1) is 17.2 Å². The molecule has 0 radical (unpaired) electrons. The standard InChI is InChI=1S/C22H18ClNO2S/c23-20-9-5-4-8-19(20)21(25)15-27-18-12-10-17(11-13-18)24-22(26)14-16-6-2-1-3-7-16/h1-13H,14-15H2,(H,24,26). The third-order valence-corrected chi connectivity index (χ3v) is 5.23. The zero-order chi connectivity index (χ0) is 19.1. The van der Waals surface area contributed by atoms with E-state index in [2.05, 4.69) is 5.32 Å². The Kier molecular flexibility index (Phi) is 6.69. The number of ketones is 1. The summed E-state index contributed by atoms with van der Waals surface area (Å²) < 4.78 is 0. The van der Waals surface area contributed by atoms with Gasteiger partial charge in [0, 0.05) is 16.1 Å². The van der Waals surface area contributed by atoms with Crippen molar-refractivity contribution in [1.82, 2.24) is 0 Å². The fraction of sp³-hybridized carbons (Fsp3) is 0.0909. The number of Topliss-reactive ketones (excluding diaryl/α,β-unsaturated/α-hetero) is 1. The molecule has 1 N–H and O–H groups in total. The van der Waals surface area contributed by atoms with Gasteiger partial charge in [-0.2, -0.15) is 0 Å². The number of thioether (sulfide) groups is 1. The molecule has 0 aliphatic rings. The van der Waals surface area contributed by atoms with Gasteiger partial charge < -0.3 is 5.32 Å². The molecule has 0 spiro atoms. The largest absolute Gasteiger partial charge is 0.326 e. The number of carbonyl (C=O) groups is 2. The fourth-order valence-electron chi connectivity index (χ4n) is 2.53. The van der Waals surface area contributed by atoms with Gasteiger partial charge in [0.15, 0.2) is 5.78 Å². The Bertz CT molecular complexity index is 927. The number of hydrogen-bond acceptors (Lipinski definition) is 3.